The number of ether oxygens (including phenoxy) is 3. The molecule has 394 valence electrons. The maximum absolute atomic E-state index is 12.9. The van der Waals surface area contributed by atoms with Gasteiger partial charge in [0.15, 0.2) is 6.10 Å². The van der Waals surface area contributed by atoms with Gasteiger partial charge in [-0.15, -0.1) is 0 Å². The molecule has 67 heavy (non-hydrogen) atoms. The van der Waals surface area contributed by atoms with Crippen LogP contribution in [-0.2, 0) is 28.6 Å². The molecule has 0 bridgehead atoms. The van der Waals surface area contributed by atoms with Crippen molar-refractivity contribution in [3.8, 4) is 0 Å². The van der Waals surface area contributed by atoms with E-state index in [2.05, 4.69) is 45.1 Å². The summed E-state index contributed by atoms with van der Waals surface area (Å²) in [5.74, 6) is -0.852. The summed E-state index contributed by atoms with van der Waals surface area (Å²) in [5, 5.41) is 0. The molecule has 0 rings (SSSR count). The average molecular weight is 944 g/mol. The van der Waals surface area contributed by atoms with Crippen molar-refractivity contribution in [3.63, 3.8) is 0 Å². The van der Waals surface area contributed by atoms with E-state index in [1.807, 2.05) is 0 Å². The zero-order chi connectivity index (χ0) is 48.6. The van der Waals surface area contributed by atoms with Crippen molar-refractivity contribution >= 4 is 17.9 Å². The Morgan fingerprint density at radius 2 is 0.537 bits per heavy atom. The van der Waals surface area contributed by atoms with Crippen molar-refractivity contribution in [1.29, 1.82) is 0 Å². The number of carbonyl (C=O) groups excluding carboxylic acids is 3. The number of allylic oxidation sites excluding steroid dienone is 4. The molecule has 0 aromatic rings. The van der Waals surface area contributed by atoms with Gasteiger partial charge in [0.05, 0.1) is 0 Å². The van der Waals surface area contributed by atoms with Gasteiger partial charge in [-0.3, -0.25) is 14.4 Å². The van der Waals surface area contributed by atoms with Crippen LogP contribution in [0.2, 0.25) is 0 Å². The van der Waals surface area contributed by atoms with Crippen LogP contribution in [0.4, 0.5) is 0 Å². The van der Waals surface area contributed by atoms with E-state index in [9.17, 15) is 14.4 Å². The molecular formula is C61H114O6. The van der Waals surface area contributed by atoms with Crippen LogP contribution < -0.4 is 0 Å². The normalized spacial score (nSPS) is 12.1. The molecule has 0 spiro atoms. The maximum Gasteiger partial charge on any atom is 0.306 e. The Balaban J connectivity index is 4.33. The highest BCUT2D eigenvalue weighted by atomic mass is 16.6. The predicted molar refractivity (Wildman–Crippen MR) is 289 cm³/mol. The summed E-state index contributed by atoms with van der Waals surface area (Å²) < 4.78 is 16.9. The first kappa shape index (κ1) is 64.9. The SMILES string of the molecule is CCCCC/C=C\C/C=C\CCCCCCCCCC(=O)OC[C@@H](COC(=O)CCCCCCCCCCCCCCCCC)OC(=O)CCCCCCCCCCCCCCCCCCC. The summed E-state index contributed by atoms with van der Waals surface area (Å²) in [4.78, 5) is 38.2. The Morgan fingerprint density at radius 1 is 0.299 bits per heavy atom. The number of esters is 3. The monoisotopic (exact) mass is 943 g/mol. The average Bonchev–Trinajstić information content (AvgIpc) is 3.33. The molecule has 0 aliphatic rings. The molecule has 0 aromatic carbocycles. The van der Waals surface area contributed by atoms with Crippen LogP contribution in [0.25, 0.3) is 0 Å². The lowest BCUT2D eigenvalue weighted by Crippen LogP contribution is -2.30. The minimum absolute atomic E-state index is 0.0679. The minimum Gasteiger partial charge on any atom is -0.462 e. The largest absolute Gasteiger partial charge is 0.462 e. The standard InChI is InChI=1S/C61H114O6/c1-4-7-10-13-16-19-22-25-28-30-33-36-39-42-45-48-51-54-60(63)66-57-58(56-65-59(62)53-50-47-44-41-38-35-32-27-24-21-18-15-12-9-6-3)67-61(64)55-52-49-46-43-40-37-34-31-29-26-23-20-17-14-11-8-5-2/h16,19,25,28,58H,4-15,17-18,20-24,26-27,29-57H2,1-3H3/b19-16-,28-25-/t58-/m1/s1. The van der Waals surface area contributed by atoms with Crippen LogP contribution in [0.5, 0.6) is 0 Å². The molecule has 0 unspecified atom stereocenters. The van der Waals surface area contributed by atoms with Gasteiger partial charge in [0, 0.05) is 19.3 Å². The van der Waals surface area contributed by atoms with E-state index in [0.29, 0.717) is 19.3 Å². The molecule has 0 aliphatic carbocycles. The van der Waals surface area contributed by atoms with Crippen LogP contribution in [-0.4, -0.2) is 37.2 Å². The van der Waals surface area contributed by atoms with Crippen molar-refractivity contribution in [1.82, 2.24) is 0 Å². The van der Waals surface area contributed by atoms with E-state index in [1.54, 1.807) is 0 Å². The highest BCUT2D eigenvalue weighted by molar-refractivity contribution is 5.71. The third kappa shape index (κ3) is 54.7. The maximum atomic E-state index is 12.9. The van der Waals surface area contributed by atoms with E-state index < -0.39 is 6.10 Å². The highest BCUT2D eigenvalue weighted by Crippen LogP contribution is 2.17. The van der Waals surface area contributed by atoms with Crippen molar-refractivity contribution in [2.24, 2.45) is 0 Å². The first-order chi connectivity index (χ1) is 33.0. The van der Waals surface area contributed by atoms with Crippen LogP contribution in [0.3, 0.4) is 0 Å². The van der Waals surface area contributed by atoms with Gasteiger partial charge in [-0.2, -0.15) is 0 Å². The fourth-order valence-corrected chi connectivity index (χ4v) is 8.95. The van der Waals surface area contributed by atoms with Crippen LogP contribution in [0, 0.1) is 0 Å². The topological polar surface area (TPSA) is 78.9 Å². The molecule has 0 heterocycles. The van der Waals surface area contributed by atoms with E-state index in [4.69, 9.17) is 14.2 Å². The highest BCUT2D eigenvalue weighted by Gasteiger charge is 2.19. The molecule has 0 amide bonds. The van der Waals surface area contributed by atoms with Gasteiger partial charge in [-0.25, -0.2) is 0 Å². The lowest BCUT2D eigenvalue weighted by molar-refractivity contribution is -0.167. The fraction of sp³-hybridized carbons (Fsp3) is 0.885. The Hall–Kier alpha value is -2.11. The first-order valence-corrected chi connectivity index (χ1v) is 29.8. The smallest absolute Gasteiger partial charge is 0.306 e. The third-order valence-electron chi connectivity index (χ3n) is 13.5. The second kappa shape index (κ2) is 56.5. The number of carbonyl (C=O) groups is 3. The lowest BCUT2D eigenvalue weighted by Gasteiger charge is -2.18. The number of rotatable bonds is 55. The first-order valence-electron chi connectivity index (χ1n) is 29.8. The summed E-state index contributed by atoms with van der Waals surface area (Å²) in [6.07, 6.45) is 65.9. The Kier molecular flexibility index (Phi) is 54.7. The summed E-state index contributed by atoms with van der Waals surface area (Å²) in [6, 6.07) is 0. The molecule has 0 aromatic heterocycles. The van der Waals surface area contributed by atoms with Crippen molar-refractivity contribution < 1.29 is 28.6 Å². The zero-order valence-electron chi connectivity index (χ0n) is 45.2. The summed E-state index contributed by atoms with van der Waals surface area (Å²) in [6.45, 7) is 6.67. The number of hydrogen-bond donors (Lipinski definition) is 0. The number of hydrogen-bond acceptors (Lipinski definition) is 6. The molecule has 1 atom stereocenters. The molecular weight excluding hydrogens is 829 g/mol. The van der Waals surface area contributed by atoms with Crippen molar-refractivity contribution in [2.75, 3.05) is 13.2 Å². The Labute approximate surface area is 417 Å². The lowest BCUT2D eigenvalue weighted by atomic mass is 10.0. The summed E-state index contributed by atoms with van der Waals surface area (Å²) >= 11 is 0. The molecule has 0 radical (unpaired) electrons. The molecule has 0 saturated heterocycles. The predicted octanol–water partition coefficient (Wildman–Crippen LogP) is 19.9. The summed E-state index contributed by atoms with van der Waals surface area (Å²) in [7, 11) is 0. The van der Waals surface area contributed by atoms with Crippen LogP contribution in [0.1, 0.15) is 329 Å². The van der Waals surface area contributed by atoms with Gasteiger partial charge in [0.1, 0.15) is 13.2 Å². The van der Waals surface area contributed by atoms with E-state index in [1.165, 1.54) is 218 Å². The molecule has 6 nitrogen and oxygen atoms in total. The third-order valence-corrected chi connectivity index (χ3v) is 13.5. The van der Waals surface area contributed by atoms with Crippen LogP contribution >= 0.6 is 0 Å². The van der Waals surface area contributed by atoms with Crippen molar-refractivity contribution in [2.45, 2.75) is 335 Å². The van der Waals surface area contributed by atoms with Gasteiger partial charge in [-0.1, -0.05) is 283 Å². The molecule has 0 N–H and O–H groups in total. The van der Waals surface area contributed by atoms with Gasteiger partial charge in [-0.05, 0) is 51.4 Å². The quantitative estimate of drug-likeness (QED) is 0.0262. The molecule has 0 fully saturated rings. The van der Waals surface area contributed by atoms with E-state index >= 15 is 0 Å². The van der Waals surface area contributed by atoms with Gasteiger partial charge >= 0.3 is 17.9 Å². The second-order valence-electron chi connectivity index (χ2n) is 20.3. The minimum atomic E-state index is -0.769. The Bertz CT molecular complexity index is 1080. The fourth-order valence-electron chi connectivity index (χ4n) is 8.95. The molecule has 0 saturated carbocycles. The van der Waals surface area contributed by atoms with Gasteiger partial charge in [0.25, 0.3) is 0 Å². The van der Waals surface area contributed by atoms with E-state index in [-0.39, 0.29) is 31.1 Å². The Morgan fingerprint density at radius 3 is 0.851 bits per heavy atom. The molecule has 6 heteroatoms. The second-order valence-corrected chi connectivity index (χ2v) is 20.3. The van der Waals surface area contributed by atoms with Crippen LogP contribution in [0.15, 0.2) is 24.3 Å². The van der Waals surface area contributed by atoms with Crippen molar-refractivity contribution in [3.05, 3.63) is 24.3 Å². The number of unbranched alkanes of at least 4 members (excludes halogenated alkanes) is 40. The molecule has 0 aliphatic heterocycles. The zero-order valence-corrected chi connectivity index (χ0v) is 45.2. The summed E-state index contributed by atoms with van der Waals surface area (Å²) in [5.41, 5.74) is 0. The van der Waals surface area contributed by atoms with Gasteiger partial charge in [0.2, 0.25) is 0 Å². The van der Waals surface area contributed by atoms with Gasteiger partial charge < -0.3 is 14.2 Å². The van der Waals surface area contributed by atoms with E-state index in [0.717, 1.165) is 70.6 Å².